The van der Waals surface area contributed by atoms with Crippen LogP contribution in [-0.2, 0) is 4.79 Å². The molecule has 5 nitrogen and oxygen atoms in total. The van der Waals surface area contributed by atoms with Gasteiger partial charge >= 0.3 is 5.97 Å². The number of carboxylic acids is 1. The Kier molecular flexibility index (Phi) is 5.01. The first kappa shape index (κ1) is 14.6. The number of carboxylic acid groups (broad SMARTS) is 1. The molecule has 1 unspecified atom stereocenters. The Bertz CT molecular complexity index is 525. The van der Waals surface area contributed by atoms with Crippen molar-refractivity contribution in [1.29, 1.82) is 5.26 Å². The van der Waals surface area contributed by atoms with Crippen molar-refractivity contribution >= 4 is 11.9 Å². The van der Waals surface area contributed by atoms with Crippen molar-refractivity contribution in [2.24, 2.45) is 0 Å². The van der Waals surface area contributed by atoms with E-state index in [1.807, 2.05) is 6.07 Å². The summed E-state index contributed by atoms with van der Waals surface area (Å²) in [7, 11) is 0. The van der Waals surface area contributed by atoms with Crippen LogP contribution in [0.5, 0.6) is 0 Å². The minimum atomic E-state index is -1.18. The van der Waals surface area contributed by atoms with Crippen molar-refractivity contribution in [2.45, 2.75) is 19.4 Å². The van der Waals surface area contributed by atoms with Gasteiger partial charge in [-0.15, -0.1) is 0 Å². The summed E-state index contributed by atoms with van der Waals surface area (Å²) in [5.41, 5.74) is 0.0611. The molecule has 1 rings (SSSR count). The molecule has 0 aromatic heterocycles. The maximum atomic E-state index is 13.1. The lowest BCUT2D eigenvalue weighted by molar-refractivity contribution is -0.141. The van der Waals surface area contributed by atoms with E-state index in [1.165, 1.54) is 25.1 Å². The third-order valence-electron chi connectivity index (χ3n) is 2.62. The second kappa shape index (κ2) is 6.50. The summed E-state index contributed by atoms with van der Waals surface area (Å²) in [6.07, 6.45) is 0.0126. The second-order valence-electron chi connectivity index (χ2n) is 3.93. The fourth-order valence-electron chi connectivity index (χ4n) is 1.56. The molecular formula is C13H13FN2O3. The molecule has 0 spiro atoms. The van der Waals surface area contributed by atoms with Crippen LogP contribution in [0.25, 0.3) is 0 Å². The predicted octanol–water partition coefficient (Wildman–Crippen LogP) is 1.65. The Morgan fingerprint density at radius 3 is 2.74 bits per heavy atom. The first-order chi connectivity index (χ1) is 8.97. The number of amides is 1. The quantitative estimate of drug-likeness (QED) is 0.876. The SMILES string of the molecule is CC(C(=O)O)N(CCC#N)C(=O)c1cccc(F)c1. The Morgan fingerprint density at radius 1 is 1.53 bits per heavy atom. The van der Waals surface area contributed by atoms with Crippen molar-refractivity contribution in [1.82, 2.24) is 4.90 Å². The van der Waals surface area contributed by atoms with Gasteiger partial charge in [0.15, 0.2) is 0 Å². The number of aliphatic carboxylic acids is 1. The smallest absolute Gasteiger partial charge is 0.326 e. The summed E-state index contributed by atoms with van der Waals surface area (Å²) in [6, 6.07) is 5.77. The Morgan fingerprint density at radius 2 is 2.21 bits per heavy atom. The Labute approximate surface area is 109 Å². The maximum Gasteiger partial charge on any atom is 0.326 e. The molecule has 0 aliphatic carbocycles. The van der Waals surface area contributed by atoms with Gasteiger partial charge in [-0.25, -0.2) is 9.18 Å². The summed E-state index contributed by atoms with van der Waals surface area (Å²) in [4.78, 5) is 24.1. The van der Waals surface area contributed by atoms with Crippen LogP contribution >= 0.6 is 0 Å². The normalized spacial score (nSPS) is 11.4. The molecule has 0 radical (unpaired) electrons. The largest absolute Gasteiger partial charge is 0.480 e. The zero-order chi connectivity index (χ0) is 14.4. The van der Waals surface area contributed by atoms with Gasteiger partial charge in [-0.05, 0) is 25.1 Å². The van der Waals surface area contributed by atoms with Crippen LogP contribution in [0.2, 0.25) is 0 Å². The van der Waals surface area contributed by atoms with Crippen molar-refractivity contribution in [3.63, 3.8) is 0 Å². The zero-order valence-corrected chi connectivity index (χ0v) is 10.3. The molecule has 1 N–H and O–H groups in total. The second-order valence-corrected chi connectivity index (χ2v) is 3.93. The average Bonchev–Trinajstić information content (AvgIpc) is 2.38. The van der Waals surface area contributed by atoms with Crippen molar-refractivity contribution < 1.29 is 19.1 Å². The van der Waals surface area contributed by atoms with Crippen LogP contribution in [0.3, 0.4) is 0 Å². The molecule has 1 aromatic carbocycles. The number of carbonyl (C=O) groups excluding carboxylic acids is 1. The number of rotatable bonds is 5. The molecule has 0 aliphatic rings. The minimum absolute atomic E-state index is 0.0126. The van der Waals surface area contributed by atoms with Gasteiger partial charge in [0.25, 0.3) is 5.91 Å². The van der Waals surface area contributed by atoms with E-state index >= 15 is 0 Å². The molecule has 0 bridgehead atoms. The molecule has 0 saturated carbocycles. The number of halogens is 1. The highest BCUT2D eigenvalue weighted by atomic mass is 19.1. The summed E-state index contributed by atoms with van der Waals surface area (Å²) in [5, 5.41) is 17.5. The number of hydrogen-bond donors (Lipinski definition) is 1. The van der Waals surface area contributed by atoms with E-state index in [2.05, 4.69) is 0 Å². The predicted molar refractivity (Wildman–Crippen MR) is 64.8 cm³/mol. The molecule has 0 heterocycles. The highest BCUT2D eigenvalue weighted by Gasteiger charge is 2.26. The van der Waals surface area contributed by atoms with E-state index in [0.717, 1.165) is 11.0 Å². The fourth-order valence-corrected chi connectivity index (χ4v) is 1.56. The third kappa shape index (κ3) is 3.78. The zero-order valence-electron chi connectivity index (χ0n) is 10.3. The standard InChI is InChI=1S/C13H13FN2O3/c1-9(13(18)19)16(7-3-6-15)12(17)10-4-2-5-11(14)8-10/h2,4-5,8-9H,3,7H2,1H3,(H,18,19). The Balaban J connectivity index is 3.00. The van der Waals surface area contributed by atoms with E-state index in [4.69, 9.17) is 10.4 Å². The molecule has 19 heavy (non-hydrogen) atoms. The lowest BCUT2D eigenvalue weighted by Gasteiger charge is -2.25. The van der Waals surface area contributed by atoms with E-state index in [0.29, 0.717) is 0 Å². The molecule has 0 fully saturated rings. The van der Waals surface area contributed by atoms with Crippen LogP contribution in [0, 0.1) is 17.1 Å². The highest BCUT2D eigenvalue weighted by Crippen LogP contribution is 2.11. The van der Waals surface area contributed by atoms with Crippen LogP contribution in [0.4, 0.5) is 4.39 Å². The first-order valence-electron chi connectivity index (χ1n) is 5.63. The monoisotopic (exact) mass is 264 g/mol. The van der Waals surface area contributed by atoms with Gasteiger partial charge < -0.3 is 10.0 Å². The number of carbonyl (C=O) groups is 2. The molecule has 0 aliphatic heterocycles. The van der Waals surface area contributed by atoms with Crippen LogP contribution in [0.15, 0.2) is 24.3 Å². The lowest BCUT2D eigenvalue weighted by Crippen LogP contribution is -2.43. The molecular weight excluding hydrogens is 251 g/mol. The summed E-state index contributed by atoms with van der Waals surface area (Å²) >= 11 is 0. The minimum Gasteiger partial charge on any atom is -0.480 e. The van der Waals surface area contributed by atoms with Gasteiger partial charge in [0.05, 0.1) is 12.5 Å². The Hall–Kier alpha value is -2.42. The van der Waals surface area contributed by atoms with Crippen molar-refractivity contribution in [3.8, 4) is 6.07 Å². The number of nitriles is 1. The van der Waals surface area contributed by atoms with Gasteiger partial charge in [-0.2, -0.15) is 5.26 Å². The summed E-state index contributed by atoms with van der Waals surface area (Å²) in [5.74, 6) is -2.36. The van der Waals surface area contributed by atoms with Crippen LogP contribution in [0.1, 0.15) is 23.7 Å². The lowest BCUT2D eigenvalue weighted by atomic mass is 10.1. The fraction of sp³-hybridized carbons (Fsp3) is 0.308. The van der Waals surface area contributed by atoms with Gasteiger partial charge in [-0.1, -0.05) is 6.07 Å². The topological polar surface area (TPSA) is 81.4 Å². The van der Waals surface area contributed by atoms with Gasteiger partial charge in [0.2, 0.25) is 0 Å². The van der Waals surface area contributed by atoms with E-state index < -0.39 is 23.7 Å². The van der Waals surface area contributed by atoms with Crippen LogP contribution in [-0.4, -0.2) is 34.5 Å². The summed E-state index contributed by atoms with van der Waals surface area (Å²) in [6.45, 7) is 1.33. The summed E-state index contributed by atoms with van der Waals surface area (Å²) < 4.78 is 13.1. The van der Waals surface area contributed by atoms with Crippen LogP contribution < -0.4 is 0 Å². The molecule has 100 valence electrons. The van der Waals surface area contributed by atoms with Gasteiger partial charge in [0.1, 0.15) is 11.9 Å². The van der Waals surface area contributed by atoms with E-state index in [1.54, 1.807) is 0 Å². The number of nitrogens with zero attached hydrogens (tertiary/aromatic N) is 2. The average molecular weight is 264 g/mol. The maximum absolute atomic E-state index is 13.1. The third-order valence-corrected chi connectivity index (χ3v) is 2.62. The molecule has 6 heteroatoms. The van der Waals surface area contributed by atoms with Gasteiger partial charge in [-0.3, -0.25) is 4.79 Å². The highest BCUT2D eigenvalue weighted by molar-refractivity contribution is 5.96. The molecule has 1 atom stereocenters. The number of hydrogen-bond acceptors (Lipinski definition) is 3. The van der Waals surface area contributed by atoms with Gasteiger partial charge in [0, 0.05) is 12.1 Å². The first-order valence-corrected chi connectivity index (χ1v) is 5.63. The molecule has 0 saturated heterocycles. The molecule has 1 amide bonds. The molecule has 1 aromatic rings. The van der Waals surface area contributed by atoms with E-state index in [9.17, 15) is 14.0 Å². The van der Waals surface area contributed by atoms with Crippen molar-refractivity contribution in [2.75, 3.05) is 6.54 Å². The number of benzene rings is 1. The van der Waals surface area contributed by atoms with Crippen molar-refractivity contribution in [3.05, 3.63) is 35.6 Å². The van der Waals surface area contributed by atoms with E-state index in [-0.39, 0.29) is 18.5 Å².